The molecule has 0 spiro atoms. The molecule has 4 heteroatoms. The minimum atomic E-state index is -0.727. The van der Waals surface area contributed by atoms with Crippen LogP contribution in [0.3, 0.4) is 0 Å². The fourth-order valence-electron chi connectivity index (χ4n) is 2.56. The van der Waals surface area contributed by atoms with Crippen molar-refractivity contribution >= 4 is 11.8 Å². The summed E-state index contributed by atoms with van der Waals surface area (Å²) in [5.41, 5.74) is 1.25. The third kappa shape index (κ3) is 4.21. The number of aliphatic hydroxyl groups is 1. The Bertz CT molecular complexity index is 411. The Labute approximate surface area is 126 Å². The van der Waals surface area contributed by atoms with Gasteiger partial charge in [-0.1, -0.05) is 19.9 Å². The summed E-state index contributed by atoms with van der Waals surface area (Å²) in [7, 11) is 0. The average molecular weight is 294 g/mol. The van der Waals surface area contributed by atoms with E-state index in [9.17, 15) is 5.11 Å². The van der Waals surface area contributed by atoms with Crippen molar-refractivity contribution in [2.75, 3.05) is 25.4 Å². The van der Waals surface area contributed by atoms with E-state index in [1.807, 2.05) is 37.0 Å². The van der Waals surface area contributed by atoms with Crippen LogP contribution in [0.25, 0.3) is 0 Å². The van der Waals surface area contributed by atoms with Crippen LogP contribution in [0.5, 0.6) is 0 Å². The van der Waals surface area contributed by atoms with E-state index >= 15 is 0 Å². The molecular weight excluding hydrogens is 268 g/mol. The number of piperidine rings is 1. The molecule has 1 saturated heterocycles. The summed E-state index contributed by atoms with van der Waals surface area (Å²) in [4.78, 5) is 6.87. The first-order chi connectivity index (χ1) is 9.49. The average Bonchev–Trinajstić information content (AvgIpc) is 2.41. The standard InChI is InChI=1S/C16H26N2OS/c1-13(2)20-11-10-18-8-6-16(19,7-9-18)15-5-4-14(3)12-17-15/h4-5,12-13,19H,6-11H2,1-3H3. The molecule has 0 radical (unpaired) electrons. The summed E-state index contributed by atoms with van der Waals surface area (Å²) >= 11 is 2.01. The molecule has 0 unspecified atom stereocenters. The van der Waals surface area contributed by atoms with E-state index in [-0.39, 0.29) is 0 Å². The van der Waals surface area contributed by atoms with Crippen LogP contribution in [0, 0.1) is 6.92 Å². The van der Waals surface area contributed by atoms with Gasteiger partial charge in [0.2, 0.25) is 0 Å². The molecule has 1 aliphatic heterocycles. The van der Waals surface area contributed by atoms with Gasteiger partial charge in [0.25, 0.3) is 0 Å². The summed E-state index contributed by atoms with van der Waals surface area (Å²) in [5.74, 6) is 1.18. The fourth-order valence-corrected chi connectivity index (χ4v) is 3.40. The Balaban J connectivity index is 1.85. The third-order valence-corrected chi connectivity index (χ3v) is 5.02. The van der Waals surface area contributed by atoms with Gasteiger partial charge in [0, 0.05) is 31.6 Å². The summed E-state index contributed by atoms with van der Waals surface area (Å²) in [5, 5.41) is 11.5. The van der Waals surface area contributed by atoms with Crippen LogP contribution < -0.4 is 0 Å². The van der Waals surface area contributed by atoms with Crippen LogP contribution in [0.15, 0.2) is 18.3 Å². The van der Waals surface area contributed by atoms with Gasteiger partial charge in [-0.25, -0.2) is 0 Å². The van der Waals surface area contributed by atoms with Crippen LogP contribution in [0.2, 0.25) is 0 Å². The van der Waals surface area contributed by atoms with E-state index in [0.717, 1.165) is 43.7 Å². The Morgan fingerprint density at radius 1 is 1.35 bits per heavy atom. The second-order valence-corrected chi connectivity index (χ2v) is 7.70. The van der Waals surface area contributed by atoms with Gasteiger partial charge < -0.3 is 10.0 Å². The van der Waals surface area contributed by atoms with Crippen molar-refractivity contribution in [2.45, 2.75) is 44.5 Å². The summed E-state index contributed by atoms with van der Waals surface area (Å²) < 4.78 is 0. The SMILES string of the molecule is Cc1ccc(C2(O)CCN(CCSC(C)C)CC2)nc1. The van der Waals surface area contributed by atoms with Gasteiger partial charge in [0.1, 0.15) is 5.60 Å². The van der Waals surface area contributed by atoms with Crippen molar-refractivity contribution in [2.24, 2.45) is 0 Å². The molecule has 0 atom stereocenters. The van der Waals surface area contributed by atoms with E-state index in [0.29, 0.717) is 5.25 Å². The first-order valence-electron chi connectivity index (χ1n) is 7.49. The molecule has 0 saturated carbocycles. The maximum absolute atomic E-state index is 10.8. The van der Waals surface area contributed by atoms with Crippen molar-refractivity contribution in [3.8, 4) is 0 Å². The van der Waals surface area contributed by atoms with Crippen LogP contribution in [-0.4, -0.2) is 45.6 Å². The number of rotatable bonds is 5. The molecule has 1 fully saturated rings. The van der Waals surface area contributed by atoms with E-state index in [1.54, 1.807) is 0 Å². The number of nitrogens with zero attached hydrogens (tertiary/aromatic N) is 2. The molecule has 0 aliphatic carbocycles. The molecule has 1 aromatic heterocycles. The smallest absolute Gasteiger partial charge is 0.109 e. The molecule has 2 heterocycles. The molecule has 1 N–H and O–H groups in total. The van der Waals surface area contributed by atoms with Gasteiger partial charge in [-0.05, 0) is 36.6 Å². The molecular formula is C16H26N2OS. The predicted molar refractivity (Wildman–Crippen MR) is 86.1 cm³/mol. The lowest BCUT2D eigenvalue weighted by molar-refractivity contribution is -0.0279. The third-order valence-electron chi connectivity index (χ3n) is 3.93. The molecule has 0 bridgehead atoms. The summed E-state index contributed by atoms with van der Waals surface area (Å²) in [6, 6.07) is 4.01. The molecule has 3 nitrogen and oxygen atoms in total. The highest BCUT2D eigenvalue weighted by molar-refractivity contribution is 7.99. The van der Waals surface area contributed by atoms with Gasteiger partial charge in [-0.3, -0.25) is 4.98 Å². The molecule has 112 valence electrons. The topological polar surface area (TPSA) is 36.4 Å². The van der Waals surface area contributed by atoms with Gasteiger partial charge >= 0.3 is 0 Å². The zero-order chi connectivity index (χ0) is 14.6. The van der Waals surface area contributed by atoms with Crippen molar-refractivity contribution in [1.29, 1.82) is 0 Å². The van der Waals surface area contributed by atoms with Crippen LogP contribution >= 0.6 is 11.8 Å². The highest BCUT2D eigenvalue weighted by Gasteiger charge is 2.34. The lowest BCUT2D eigenvalue weighted by atomic mass is 9.87. The van der Waals surface area contributed by atoms with Gasteiger partial charge in [-0.2, -0.15) is 11.8 Å². The lowest BCUT2D eigenvalue weighted by Crippen LogP contribution is -2.43. The summed E-state index contributed by atoms with van der Waals surface area (Å²) in [6.07, 6.45) is 3.42. The highest BCUT2D eigenvalue weighted by atomic mass is 32.2. The maximum Gasteiger partial charge on any atom is 0.109 e. The van der Waals surface area contributed by atoms with Crippen LogP contribution in [0.1, 0.15) is 37.9 Å². The molecule has 2 rings (SSSR count). The van der Waals surface area contributed by atoms with E-state index in [4.69, 9.17) is 0 Å². The Morgan fingerprint density at radius 2 is 2.05 bits per heavy atom. The van der Waals surface area contributed by atoms with E-state index in [1.165, 1.54) is 5.75 Å². The lowest BCUT2D eigenvalue weighted by Gasteiger charge is -2.37. The zero-order valence-electron chi connectivity index (χ0n) is 12.8. The Hall–Kier alpha value is -0.580. The number of hydrogen-bond donors (Lipinski definition) is 1. The number of hydrogen-bond acceptors (Lipinski definition) is 4. The quantitative estimate of drug-likeness (QED) is 0.906. The van der Waals surface area contributed by atoms with E-state index < -0.39 is 5.60 Å². The van der Waals surface area contributed by atoms with Crippen molar-refractivity contribution < 1.29 is 5.11 Å². The highest BCUT2D eigenvalue weighted by Crippen LogP contribution is 2.31. The molecule has 1 aliphatic rings. The second-order valence-electron chi connectivity index (χ2n) is 6.01. The number of thioether (sulfide) groups is 1. The van der Waals surface area contributed by atoms with Crippen LogP contribution in [-0.2, 0) is 5.60 Å². The molecule has 20 heavy (non-hydrogen) atoms. The Morgan fingerprint density at radius 3 is 2.60 bits per heavy atom. The number of pyridine rings is 1. The van der Waals surface area contributed by atoms with Crippen molar-refractivity contribution in [3.63, 3.8) is 0 Å². The monoisotopic (exact) mass is 294 g/mol. The van der Waals surface area contributed by atoms with Gasteiger partial charge in [0.15, 0.2) is 0 Å². The maximum atomic E-state index is 10.8. The zero-order valence-corrected chi connectivity index (χ0v) is 13.6. The normalized spacial score (nSPS) is 19.4. The Kier molecular flexibility index (Phi) is 5.47. The second kappa shape index (κ2) is 6.92. The van der Waals surface area contributed by atoms with Crippen molar-refractivity contribution in [1.82, 2.24) is 9.88 Å². The number of aryl methyl sites for hydroxylation is 1. The number of aromatic nitrogens is 1. The first-order valence-corrected chi connectivity index (χ1v) is 8.54. The molecule has 1 aromatic rings. The predicted octanol–water partition coefficient (Wildman–Crippen LogP) is 2.82. The number of likely N-dealkylation sites (tertiary alicyclic amines) is 1. The molecule has 0 amide bonds. The minimum absolute atomic E-state index is 0.702. The summed E-state index contributed by atoms with van der Waals surface area (Å²) in [6.45, 7) is 9.55. The largest absolute Gasteiger partial charge is 0.383 e. The van der Waals surface area contributed by atoms with Crippen LogP contribution in [0.4, 0.5) is 0 Å². The minimum Gasteiger partial charge on any atom is -0.383 e. The van der Waals surface area contributed by atoms with Gasteiger partial charge in [-0.15, -0.1) is 0 Å². The van der Waals surface area contributed by atoms with Gasteiger partial charge in [0.05, 0.1) is 5.69 Å². The first kappa shape index (κ1) is 15.8. The molecule has 0 aromatic carbocycles. The van der Waals surface area contributed by atoms with Crippen molar-refractivity contribution in [3.05, 3.63) is 29.6 Å². The van der Waals surface area contributed by atoms with E-state index in [2.05, 4.69) is 23.7 Å². The fraction of sp³-hybridized carbons (Fsp3) is 0.688.